The topological polar surface area (TPSA) is 117 Å². The summed E-state index contributed by atoms with van der Waals surface area (Å²) in [6, 6.07) is 5.04. The Morgan fingerprint density at radius 1 is 1.41 bits per heavy atom. The summed E-state index contributed by atoms with van der Waals surface area (Å²) in [5.41, 5.74) is -0.0716. The number of benzene rings is 1. The summed E-state index contributed by atoms with van der Waals surface area (Å²) in [7, 11) is 1.25. The molecule has 0 spiro atoms. The quantitative estimate of drug-likeness (QED) is 0.462. The minimum absolute atomic E-state index is 0.0828. The molecule has 3 rings (SSSR count). The maximum absolute atomic E-state index is 13.9. The fourth-order valence-corrected chi connectivity index (χ4v) is 2.77. The van der Waals surface area contributed by atoms with Crippen LogP contribution >= 0.6 is 11.6 Å². The zero-order valence-corrected chi connectivity index (χ0v) is 16.1. The molecule has 152 valence electrons. The highest BCUT2D eigenvalue weighted by Gasteiger charge is 2.25. The number of nitrogens with one attached hydrogen (secondary N) is 1. The number of ether oxygens (including phenoxy) is 1. The summed E-state index contributed by atoms with van der Waals surface area (Å²) in [5, 5.41) is 21.9. The second kappa shape index (κ2) is 8.27. The standard InChI is InChI=1S/C17H16ClFN6O4/c1-10(24-9-14(25(27)28)17(22-24)29-2)16(26)20-15-6-7-23(21-15)8-11-12(18)4-3-5-13(11)19/h3-7,9-10H,8H2,1-2H3,(H,20,21,26). The van der Waals surface area contributed by atoms with Crippen molar-refractivity contribution in [2.45, 2.75) is 19.5 Å². The fraction of sp³-hybridized carbons (Fsp3) is 0.235. The van der Waals surface area contributed by atoms with E-state index in [1.54, 1.807) is 12.3 Å². The molecule has 0 saturated heterocycles. The largest absolute Gasteiger partial charge is 0.475 e. The van der Waals surface area contributed by atoms with Gasteiger partial charge < -0.3 is 10.1 Å². The minimum Gasteiger partial charge on any atom is -0.475 e. The lowest BCUT2D eigenvalue weighted by Gasteiger charge is -2.10. The third-order valence-corrected chi connectivity index (χ3v) is 4.47. The van der Waals surface area contributed by atoms with Crippen molar-refractivity contribution in [2.75, 3.05) is 12.4 Å². The molecule has 0 radical (unpaired) electrons. The summed E-state index contributed by atoms with van der Waals surface area (Å²) in [4.78, 5) is 22.8. The van der Waals surface area contributed by atoms with E-state index >= 15 is 0 Å². The molecule has 10 nitrogen and oxygen atoms in total. The lowest BCUT2D eigenvalue weighted by molar-refractivity contribution is -0.385. The van der Waals surface area contributed by atoms with Crippen LogP contribution in [0.5, 0.6) is 5.88 Å². The summed E-state index contributed by atoms with van der Waals surface area (Å²) < 4.78 is 21.3. The van der Waals surface area contributed by atoms with E-state index in [2.05, 4.69) is 15.5 Å². The number of anilines is 1. The first kappa shape index (κ1) is 20.3. The number of carbonyl (C=O) groups excluding carboxylic acids is 1. The average molecular weight is 423 g/mol. The van der Waals surface area contributed by atoms with Crippen LogP contribution in [0.4, 0.5) is 15.9 Å². The van der Waals surface area contributed by atoms with Gasteiger partial charge in [0, 0.05) is 22.8 Å². The molecule has 0 aliphatic rings. The van der Waals surface area contributed by atoms with Gasteiger partial charge >= 0.3 is 11.6 Å². The Bertz CT molecular complexity index is 1050. The number of nitro groups is 1. The molecule has 0 saturated carbocycles. The molecule has 29 heavy (non-hydrogen) atoms. The molecule has 0 aliphatic carbocycles. The first-order chi connectivity index (χ1) is 13.8. The van der Waals surface area contributed by atoms with Crippen LogP contribution in [-0.4, -0.2) is 37.5 Å². The number of halogens is 2. The van der Waals surface area contributed by atoms with Crippen molar-refractivity contribution in [3.8, 4) is 5.88 Å². The van der Waals surface area contributed by atoms with Crippen LogP contribution in [0, 0.1) is 15.9 Å². The van der Waals surface area contributed by atoms with Crippen LogP contribution in [-0.2, 0) is 11.3 Å². The van der Waals surface area contributed by atoms with Crippen LogP contribution in [0.3, 0.4) is 0 Å². The molecule has 2 aromatic heterocycles. The lowest BCUT2D eigenvalue weighted by Crippen LogP contribution is -2.24. The summed E-state index contributed by atoms with van der Waals surface area (Å²) in [6.07, 6.45) is 2.67. The maximum atomic E-state index is 13.9. The van der Waals surface area contributed by atoms with Crippen molar-refractivity contribution < 1.29 is 18.8 Å². The normalized spacial score (nSPS) is 11.9. The van der Waals surface area contributed by atoms with E-state index in [1.165, 1.54) is 36.9 Å². The van der Waals surface area contributed by atoms with Gasteiger partial charge in [-0.25, -0.2) is 9.07 Å². The smallest absolute Gasteiger partial charge is 0.350 e. The molecule has 3 aromatic rings. The molecule has 1 N–H and O–H groups in total. The predicted molar refractivity (Wildman–Crippen MR) is 102 cm³/mol. The van der Waals surface area contributed by atoms with Crippen LogP contribution in [0.1, 0.15) is 18.5 Å². The SMILES string of the molecule is COc1nn(C(C)C(=O)Nc2ccn(Cc3c(F)cccc3Cl)n2)cc1[N+](=O)[O-]. The van der Waals surface area contributed by atoms with Crippen LogP contribution < -0.4 is 10.1 Å². The molecule has 1 aromatic carbocycles. The third kappa shape index (κ3) is 4.35. The van der Waals surface area contributed by atoms with Gasteiger partial charge in [0.25, 0.3) is 0 Å². The van der Waals surface area contributed by atoms with E-state index in [-0.39, 0.29) is 34.5 Å². The number of amides is 1. The van der Waals surface area contributed by atoms with Gasteiger partial charge in [0.05, 0.1) is 18.6 Å². The van der Waals surface area contributed by atoms with Gasteiger partial charge in [0.15, 0.2) is 5.82 Å². The van der Waals surface area contributed by atoms with Gasteiger partial charge in [-0.15, -0.1) is 5.10 Å². The number of nitrogens with zero attached hydrogens (tertiary/aromatic N) is 5. The average Bonchev–Trinajstić information content (AvgIpc) is 3.31. The Morgan fingerprint density at radius 3 is 2.79 bits per heavy atom. The molecule has 1 atom stereocenters. The van der Waals surface area contributed by atoms with E-state index < -0.39 is 22.7 Å². The molecular formula is C17H16ClFN6O4. The van der Waals surface area contributed by atoms with E-state index in [4.69, 9.17) is 16.3 Å². The zero-order valence-electron chi connectivity index (χ0n) is 15.4. The van der Waals surface area contributed by atoms with Crippen molar-refractivity contribution in [2.24, 2.45) is 0 Å². The van der Waals surface area contributed by atoms with Crippen molar-refractivity contribution in [1.29, 1.82) is 0 Å². The summed E-state index contributed by atoms with van der Waals surface area (Å²) in [5.74, 6) is -0.927. The molecule has 12 heteroatoms. The van der Waals surface area contributed by atoms with Gasteiger partial charge in [-0.3, -0.25) is 19.6 Å². The molecule has 0 aliphatic heterocycles. The number of hydrogen-bond acceptors (Lipinski definition) is 6. The number of hydrogen-bond donors (Lipinski definition) is 1. The number of methoxy groups -OCH3 is 1. The Morgan fingerprint density at radius 2 is 2.17 bits per heavy atom. The van der Waals surface area contributed by atoms with Gasteiger partial charge in [-0.2, -0.15) is 5.10 Å². The van der Waals surface area contributed by atoms with E-state index in [1.807, 2.05) is 0 Å². The molecule has 0 bridgehead atoms. The van der Waals surface area contributed by atoms with Crippen molar-refractivity contribution in [3.63, 3.8) is 0 Å². The van der Waals surface area contributed by atoms with Crippen molar-refractivity contribution >= 4 is 29.0 Å². The third-order valence-electron chi connectivity index (χ3n) is 4.12. The Labute approximate surface area is 169 Å². The van der Waals surface area contributed by atoms with E-state index in [9.17, 15) is 19.3 Å². The summed E-state index contributed by atoms with van der Waals surface area (Å²) in [6.45, 7) is 1.60. The van der Waals surface area contributed by atoms with Gasteiger partial charge in [-0.05, 0) is 19.1 Å². The highest BCUT2D eigenvalue weighted by molar-refractivity contribution is 6.31. The highest BCUT2D eigenvalue weighted by atomic mass is 35.5. The second-order valence-corrected chi connectivity index (χ2v) is 6.43. The minimum atomic E-state index is -0.872. The fourth-order valence-electron chi connectivity index (χ4n) is 2.55. The predicted octanol–water partition coefficient (Wildman–Crippen LogP) is 3.04. The second-order valence-electron chi connectivity index (χ2n) is 6.02. The van der Waals surface area contributed by atoms with E-state index in [0.717, 1.165) is 10.9 Å². The lowest BCUT2D eigenvalue weighted by atomic mass is 10.2. The zero-order chi connectivity index (χ0) is 21.1. The van der Waals surface area contributed by atoms with Gasteiger partial charge in [0.1, 0.15) is 18.1 Å². The first-order valence-corrected chi connectivity index (χ1v) is 8.72. The van der Waals surface area contributed by atoms with Crippen LogP contribution in [0.15, 0.2) is 36.7 Å². The van der Waals surface area contributed by atoms with Crippen molar-refractivity contribution in [1.82, 2.24) is 19.6 Å². The molecular weight excluding hydrogens is 407 g/mol. The van der Waals surface area contributed by atoms with Crippen LogP contribution in [0.25, 0.3) is 0 Å². The monoisotopic (exact) mass is 422 g/mol. The summed E-state index contributed by atoms with van der Waals surface area (Å²) >= 11 is 6.01. The van der Waals surface area contributed by atoms with Crippen LogP contribution in [0.2, 0.25) is 5.02 Å². The first-order valence-electron chi connectivity index (χ1n) is 8.35. The highest BCUT2D eigenvalue weighted by Crippen LogP contribution is 2.26. The Hall–Kier alpha value is -3.47. The number of aromatic nitrogens is 4. The van der Waals surface area contributed by atoms with Gasteiger partial charge in [0.2, 0.25) is 5.91 Å². The molecule has 2 heterocycles. The van der Waals surface area contributed by atoms with Gasteiger partial charge in [-0.1, -0.05) is 17.7 Å². The molecule has 0 fully saturated rings. The Kier molecular flexibility index (Phi) is 5.78. The number of rotatable bonds is 7. The Balaban J connectivity index is 1.71. The molecule has 1 amide bonds. The van der Waals surface area contributed by atoms with Crippen molar-refractivity contribution in [3.05, 3.63) is 63.2 Å². The van der Waals surface area contributed by atoms with E-state index in [0.29, 0.717) is 0 Å². The number of carbonyl (C=O) groups is 1. The molecule has 1 unspecified atom stereocenters. The maximum Gasteiger partial charge on any atom is 0.350 e.